The highest BCUT2D eigenvalue weighted by molar-refractivity contribution is 6.39. The zero-order valence-electron chi connectivity index (χ0n) is 18.0. The fourth-order valence-corrected chi connectivity index (χ4v) is 3.94. The molecule has 3 amide bonds. The molecule has 1 aliphatic rings. The van der Waals surface area contributed by atoms with Crippen LogP contribution in [0, 0.1) is 0 Å². The summed E-state index contributed by atoms with van der Waals surface area (Å²) in [6.45, 7) is 0. The van der Waals surface area contributed by atoms with Gasteiger partial charge in [0.2, 0.25) is 0 Å². The van der Waals surface area contributed by atoms with Gasteiger partial charge in [0.1, 0.15) is 5.82 Å². The smallest absolute Gasteiger partial charge is 0.314 e. The molecule has 174 valence electrons. The van der Waals surface area contributed by atoms with Gasteiger partial charge in [-0.2, -0.15) is 0 Å². The molecule has 1 saturated carbocycles. The molecule has 2 heterocycles. The van der Waals surface area contributed by atoms with Crippen LogP contribution in [0.15, 0.2) is 71.8 Å². The zero-order chi connectivity index (χ0) is 24.1. The van der Waals surface area contributed by atoms with Crippen molar-refractivity contribution >= 4 is 35.1 Å². The molecule has 10 heteroatoms. The summed E-state index contributed by atoms with van der Waals surface area (Å²) in [7, 11) is 0. The van der Waals surface area contributed by atoms with E-state index in [0.29, 0.717) is 29.1 Å². The van der Waals surface area contributed by atoms with Gasteiger partial charge in [-0.15, -0.1) is 0 Å². The minimum absolute atomic E-state index is 0.167. The number of benzene rings is 1. The van der Waals surface area contributed by atoms with E-state index in [9.17, 15) is 19.2 Å². The highest BCUT2D eigenvalue weighted by Crippen LogP contribution is 2.20. The molecule has 2 aromatic heterocycles. The first-order valence-corrected chi connectivity index (χ1v) is 11.1. The Kier molecular flexibility index (Phi) is 7.03. The Morgan fingerprint density at radius 2 is 1.65 bits per heavy atom. The molecule has 0 bridgehead atoms. The van der Waals surface area contributed by atoms with Gasteiger partial charge in [-0.3, -0.25) is 23.7 Å². The molecular weight excluding hydrogens is 458 g/mol. The standard InChI is InChI=1S/C24H22ClN5O4/c25-16-9-12-20(26-14-16)29-24(34)23(33)28-19-5-3-4-18(19)27-22(32)15-7-10-17(11-8-15)30-13-2-1-6-21(30)31/h1-2,6-14,18-19H,3-5H2,(H,27,32)(H,28,33)(H,26,29,34). The van der Waals surface area contributed by atoms with Gasteiger partial charge >= 0.3 is 11.8 Å². The summed E-state index contributed by atoms with van der Waals surface area (Å²) >= 11 is 5.77. The van der Waals surface area contributed by atoms with Gasteiger partial charge in [-0.25, -0.2) is 4.98 Å². The topological polar surface area (TPSA) is 122 Å². The minimum atomic E-state index is -0.849. The monoisotopic (exact) mass is 479 g/mol. The number of rotatable bonds is 5. The molecule has 0 saturated heterocycles. The minimum Gasteiger partial charge on any atom is -0.347 e. The molecule has 9 nitrogen and oxygen atoms in total. The number of pyridine rings is 2. The Morgan fingerprint density at radius 1 is 0.912 bits per heavy atom. The summed E-state index contributed by atoms with van der Waals surface area (Å²) in [5.74, 6) is -1.74. The average molecular weight is 480 g/mol. The van der Waals surface area contributed by atoms with Crippen LogP contribution in [0.2, 0.25) is 5.02 Å². The highest BCUT2D eigenvalue weighted by Gasteiger charge is 2.31. The second kappa shape index (κ2) is 10.3. The van der Waals surface area contributed by atoms with Crippen LogP contribution in [0.5, 0.6) is 0 Å². The first-order valence-electron chi connectivity index (χ1n) is 10.7. The van der Waals surface area contributed by atoms with Gasteiger partial charge in [-0.05, 0) is 61.7 Å². The number of aromatic nitrogens is 2. The molecule has 3 N–H and O–H groups in total. The first-order chi connectivity index (χ1) is 16.4. The lowest BCUT2D eigenvalue weighted by Crippen LogP contribution is -2.51. The second-order valence-corrected chi connectivity index (χ2v) is 8.30. The van der Waals surface area contributed by atoms with Crippen LogP contribution in [-0.4, -0.2) is 39.4 Å². The van der Waals surface area contributed by atoms with E-state index in [2.05, 4.69) is 20.9 Å². The van der Waals surface area contributed by atoms with E-state index >= 15 is 0 Å². The molecule has 34 heavy (non-hydrogen) atoms. The van der Waals surface area contributed by atoms with Crippen LogP contribution >= 0.6 is 11.6 Å². The predicted molar refractivity (Wildman–Crippen MR) is 127 cm³/mol. The second-order valence-electron chi connectivity index (χ2n) is 7.86. The molecule has 1 aromatic carbocycles. The van der Waals surface area contributed by atoms with E-state index in [-0.39, 0.29) is 29.4 Å². The van der Waals surface area contributed by atoms with E-state index in [4.69, 9.17) is 11.6 Å². The SMILES string of the molecule is O=C(Nc1ccc(Cl)cn1)C(=O)NC1CCCC1NC(=O)c1ccc(-n2ccccc2=O)cc1. The zero-order valence-corrected chi connectivity index (χ0v) is 18.8. The van der Waals surface area contributed by atoms with Crippen LogP contribution in [-0.2, 0) is 9.59 Å². The normalized spacial score (nSPS) is 17.1. The Bertz CT molecular complexity index is 1260. The van der Waals surface area contributed by atoms with Crippen molar-refractivity contribution in [1.82, 2.24) is 20.2 Å². The van der Waals surface area contributed by atoms with Gasteiger partial charge in [0.15, 0.2) is 0 Å². The van der Waals surface area contributed by atoms with E-state index in [1.807, 2.05) is 0 Å². The molecule has 2 unspecified atom stereocenters. The highest BCUT2D eigenvalue weighted by atomic mass is 35.5. The van der Waals surface area contributed by atoms with E-state index in [0.717, 1.165) is 6.42 Å². The fourth-order valence-electron chi connectivity index (χ4n) is 3.83. The van der Waals surface area contributed by atoms with Crippen LogP contribution in [0.25, 0.3) is 5.69 Å². The van der Waals surface area contributed by atoms with Crippen LogP contribution in [0.3, 0.4) is 0 Å². The molecule has 0 spiro atoms. The number of amides is 3. The summed E-state index contributed by atoms with van der Waals surface area (Å²) in [4.78, 5) is 53.2. The van der Waals surface area contributed by atoms with E-state index < -0.39 is 11.8 Å². The maximum atomic E-state index is 12.8. The number of carbonyl (C=O) groups excluding carboxylic acids is 3. The third-order valence-electron chi connectivity index (χ3n) is 5.55. The van der Waals surface area contributed by atoms with Crippen LogP contribution in [0.1, 0.15) is 29.6 Å². The molecule has 4 rings (SSSR count). The predicted octanol–water partition coefficient (Wildman–Crippen LogP) is 2.29. The van der Waals surface area contributed by atoms with Crippen molar-refractivity contribution in [2.24, 2.45) is 0 Å². The Hall–Kier alpha value is -3.98. The molecule has 0 radical (unpaired) electrons. The molecule has 1 aliphatic carbocycles. The number of halogens is 1. The fraction of sp³-hybridized carbons (Fsp3) is 0.208. The number of hydrogen-bond donors (Lipinski definition) is 3. The lowest BCUT2D eigenvalue weighted by atomic mass is 10.1. The summed E-state index contributed by atoms with van der Waals surface area (Å²) in [6, 6.07) is 13.9. The lowest BCUT2D eigenvalue weighted by Gasteiger charge is -2.22. The molecule has 3 aromatic rings. The molecule has 0 aliphatic heterocycles. The van der Waals surface area contributed by atoms with Crippen molar-refractivity contribution in [3.63, 3.8) is 0 Å². The van der Waals surface area contributed by atoms with Gasteiger partial charge in [-0.1, -0.05) is 17.7 Å². The number of hydrogen-bond acceptors (Lipinski definition) is 5. The largest absolute Gasteiger partial charge is 0.347 e. The Balaban J connectivity index is 1.35. The van der Waals surface area contributed by atoms with E-state index in [1.54, 1.807) is 48.7 Å². The quantitative estimate of drug-likeness (QED) is 0.485. The van der Waals surface area contributed by atoms with Crippen molar-refractivity contribution in [1.29, 1.82) is 0 Å². The first kappa shape index (κ1) is 23.2. The number of nitrogens with one attached hydrogen (secondary N) is 3. The Morgan fingerprint density at radius 3 is 2.32 bits per heavy atom. The number of carbonyl (C=O) groups is 3. The summed E-state index contributed by atoms with van der Waals surface area (Å²) in [5.41, 5.74) is 0.908. The maximum Gasteiger partial charge on any atom is 0.314 e. The van der Waals surface area contributed by atoms with Crippen molar-refractivity contribution in [3.05, 3.63) is 87.9 Å². The maximum absolute atomic E-state index is 12.8. The summed E-state index contributed by atoms with van der Waals surface area (Å²) in [5, 5.41) is 8.46. The van der Waals surface area contributed by atoms with Crippen LogP contribution < -0.4 is 21.5 Å². The molecular formula is C24H22ClN5O4. The number of anilines is 1. The third-order valence-corrected chi connectivity index (χ3v) is 5.78. The third kappa shape index (κ3) is 5.49. The molecule has 2 atom stereocenters. The molecule has 1 fully saturated rings. The van der Waals surface area contributed by atoms with Crippen molar-refractivity contribution in [2.75, 3.05) is 5.32 Å². The van der Waals surface area contributed by atoms with E-state index in [1.165, 1.54) is 22.9 Å². The van der Waals surface area contributed by atoms with Crippen LogP contribution in [0.4, 0.5) is 5.82 Å². The summed E-state index contributed by atoms with van der Waals surface area (Å²) < 4.78 is 1.48. The Labute approximate surface area is 200 Å². The van der Waals surface area contributed by atoms with Gasteiger partial charge < -0.3 is 16.0 Å². The van der Waals surface area contributed by atoms with Crippen molar-refractivity contribution in [2.45, 2.75) is 31.3 Å². The number of nitrogens with zero attached hydrogens (tertiary/aromatic N) is 2. The van der Waals surface area contributed by atoms with Gasteiger partial charge in [0, 0.05) is 41.8 Å². The average Bonchev–Trinajstić information content (AvgIpc) is 3.27. The summed E-state index contributed by atoms with van der Waals surface area (Å²) in [6.07, 6.45) is 5.13. The van der Waals surface area contributed by atoms with Gasteiger partial charge in [0.05, 0.1) is 5.02 Å². The van der Waals surface area contributed by atoms with Gasteiger partial charge in [0.25, 0.3) is 11.5 Å². The van der Waals surface area contributed by atoms with Crippen molar-refractivity contribution in [3.8, 4) is 5.69 Å². The lowest BCUT2D eigenvalue weighted by molar-refractivity contribution is -0.136. The van der Waals surface area contributed by atoms with Crippen molar-refractivity contribution < 1.29 is 14.4 Å².